The topological polar surface area (TPSA) is 106 Å². The molecular weight excluding hydrogens is 426 g/mol. The monoisotopic (exact) mass is 455 g/mol. The molecule has 0 saturated carbocycles. The second-order valence-electron chi connectivity index (χ2n) is 7.91. The number of aliphatic hydroxyl groups excluding tert-OH is 1. The Balaban J connectivity index is 2.20. The summed E-state index contributed by atoms with van der Waals surface area (Å²) in [5.74, 6) is -0.980. The average molecular weight is 456 g/mol. The first-order chi connectivity index (χ1) is 15.7. The van der Waals surface area contributed by atoms with Crippen molar-refractivity contribution >= 4 is 17.4 Å². The highest BCUT2D eigenvalue weighted by Crippen LogP contribution is 2.42. The maximum atomic E-state index is 13.1. The van der Waals surface area contributed by atoms with Crippen LogP contribution in [-0.2, 0) is 14.3 Å². The maximum absolute atomic E-state index is 13.1. The van der Waals surface area contributed by atoms with Crippen LogP contribution in [0.3, 0.4) is 0 Å². The summed E-state index contributed by atoms with van der Waals surface area (Å²) >= 11 is 0. The zero-order valence-electron chi connectivity index (χ0n) is 19.5. The van der Waals surface area contributed by atoms with Crippen LogP contribution in [0, 0.1) is 13.8 Å². The van der Waals surface area contributed by atoms with Gasteiger partial charge in [-0.3, -0.25) is 9.59 Å². The summed E-state index contributed by atoms with van der Waals surface area (Å²) in [5, 5.41) is 21.6. The van der Waals surface area contributed by atoms with Crippen LogP contribution in [0.5, 0.6) is 17.2 Å². The lowest BCUT2D eigenvalue weighted by atomic mass is 9.93. The molecule has 3 rings (SSSR count). The Hall–Kier alpha value is -3.52. The fourth-order valence-corrected chi connectivity index (χ4v) is 4.12. The molecule has 1 saturated heterocycles. The number of Topliss-reactive ketones (excluding diaryl/α,β-unsaturated/α-hetero) is 1. The zero-order valence-corrected chi connectivity index (χ0v) is 19.5. The van der Waals surface area contributed by atoms with Gasteiger partial charge in [-0.15, -0.1) is 0 Å². The number of rotatable bonds is 8. The van der Waals surface area contributed by atoms with E-state index in [4.69, 9.17) is 14.2 Å². The Bertz CT molecular complexity index is 1110. The molecule has 0 radical (unpaired) electrons. The SMILES string of the molecule is COCCCN1C(=O)C(=O)/C(=C(/O)c2cc(C)c(OC)cc2C)C1c1ccc(OC)c(O)c1. The highest BCUT2D eigenvalue weighted by molar-refractivity contribution is 6.46. The Morgan fingerprint density at radius 1 is 1.00 bits per heavy atom. The largest absolute Gasteiger partial charge is 0.507 e. The molecular formula is C25H29NO7. The van der Waals surface area contributed by atoms with E-state index in [0.717, 1.165) is 5.56 Å². The number of ether oxygens (including phenoxy) is 3. The molecule has 1 aliphatic heterocycles. The van der Waals surface area contributed by atoms with Crippen LogP contribution in [0.25, 0.3) is 5.76 Å². The number of aliphatic hydroxyl groups is 1. The third-order valence-electron chi connectivity index (χ3n) is 5.80. The van der Waals surface area contributed by atoms with Crippen molar-refractivity contribution in [3.8, 4) is 17.2 Å². The molecule has 176 valence electrons. The van der Waals surface area contributed by atoms with E-state index in [9.17, 15) is 19.8 Å². The van der Waals surface area contributed by atoms with E-state index in [2.05, 4.69) is 0 Å². The normalized spacial score (nSPS) is 17.5. The zero-order chi connectivity index (χ0) is 24.3. The minimum atomic E-state index is -0.875. The Morgan fingerprint density at radius 3 is 2.30 bits per heavy atom. The third-order valence-corrected chi connectivity index (χ3v) is 5.80. The van der Waals surface area contributed by atoms with Gasteiger partial charge in [-0.1, -0.05) is 6.07 Å². The predicted octanol–water partition coefficient (Wildman–Crippen LogP) is 3.48. The van der Waals surface area contributed by atoms with Crippen molar-refractivity contribution < 1.29 is 34.0 Å². The number of likely N-dealkylation sites (tertiary alicyclic amines) is 1. The molecule has 1 atom stereocenters. The number of phenolic OH excluding ortho intramolecular Hbond substituents is 1. The fourth-order valence-electron chi connectivity index (χ4n) is 4.12. The predicted molar refractivity (Wildman–Crippen MR) is 123 cm³/mol. The first kappa shape index (κ1) is 24.1. The second kappa shape index (κ2) is 9.95. The Kier molecular flexibility index (Phi) is 7.28. The quantitative estimate of drug-likeness (QED) is 0.272. The van der Waals surface area contributed by atoms with E-state index in [0.29, 0.717) is 35.5 Å². The number of benzene rings is 2. The van der Waals surface area contributed by atoms with Crippen LogP contribution in [0.2, 0.25) is 0 Å². The van der Waals surface area contributed by atoms with Crippen LogP contribution in [0.15, 0.2) is 35.9 Å². The van der Waals surface area contributed by atoms with Crippen molar-refractivity contribution in [1.82, 2.24) is 4.90 Å². The van der Waals surface area contributed by atoms with E-state index in [-0.39, 0.29) is 29.4 Å². The third kappa shape index (κ3) is 4.52. The van der Waals surface area contributed by atoms with Crippen molar-refractivity contribution in [1.29, 1.82) is 0 Å². The first-order valence-corrected chi connectivity index (χ1v) is 10.5. The number of hydrogen-bond donors (Lipinski definition) is 2. The molecule has 1 aliphatic rings. The van der Waals surface area contributed by atoms with Crippen molar-refractivity contribution in [3.63, 3.8) is 0 Å². The lowest BCUT2D eigenvalue weighted by Gasteiger charge is -2.26. The second-order valence-corrected chi connectivity index (χ2v) is 7.91. The minimum absolute atomic E-state index is 0.0327. The smallest absolute Gasteiger partial charge is 0.295 e. The molecule has 1 amide bonds. The molecule has 8 heteroatoms. The average Bonchev–Trinajstić information content (AvgIpc) is 3.05. The molecule has 0 bridgehead atoms. The summed E-state index contributed by atoms with van der Waals surface area (Å²) in [6.07, 6.45) is 0.503. The van der Waals surface area contributed by atoms with Gasteiger partial charge in [-0.05, 0) is 61.2 Å². The van der Waals surface area contributed by atoms with Gasteiger partial charge < -0.3 is 29.3 Å². The first-order valence-electron chi connectivity index (χ1n) is 10.5. The van der Waals surface area contributed by atoms with Crippen LogP contribution in [0.4, 0.5) is 0 Å². The molecule has 2 N–H and O–H groups in total. The molecule has 1 heterocycles. The van der Waals surface area contributed by atoms with E-state index < -0.39 is 17.7 Å². The molecule has 1 fully saturated rings. The standard InChI is InChI=1S/C25H29NO7/c1-14-12-20(33-5)15(2)11-17(14)23(28)21-22(16-7-8-19(32-4)18(27)13-16)26(9-6-10-31-3)25(30)24(21)29/h7-8,11-13,22,27-28H,6,9-10H2,1-5H3/b23-21+. The number of aromatic hydroxyl groups is 1. The van der Waals surface area contributed by atoms with Gasteiger partial charge in [-0.25, -0.2) is 0 Å². The number of methoxy groups -OCH3 is 3. The molecule has 2 aromatic rings. The lowest BCUT2D eigenvalue weighted by Crippen LogP contribution is -2.31. The summed E-state index contributed by atoms with van der Waals surface area (Å²) in [6, 6.07) is 7.29. The number of carbonyl (C=O) groups excluding carboxylic acids is 2. The summed E-state index contributed by atoms with van der Waals surface area (Å²) in [4.78, 5) is 27.5. The highest BCUT2D eigenvalue weighted by atomic mass is 16.5. The van der Waals surface area contributed by atoms with E-state index >= 15 is 0 Å². The summed E-state index contributed by atoms with van der Waals surface area (Å²) < 4.78 is 15.6. The van der Waals surface area contributed by atoms with Gasteiger partial charge in [0.05, 0.1) is 25.8 Å². The number of nitrogens with zero attached hydrogens (tertiary/aromatic N) is 1. The number of hydrogen-bond acceptors (Lipinski definition) is 7. The minimum Gasteiger partial charge on any atom is -0.507 e. The Labute approximate surface area is 193 Å². The fraction of sp³-hybridized carbons (Fsp3) is 0.360. The van der Waals surface area contributed by atoms with Crippen LogP contribution in [0.1, 0.15) is 34.7 Å². The number of aryl methyl sites for hydroxylation is 2. The van der Waals surface area contributed by atoms with Crippen LogP contribution in [-0.4, -0.2) is 61.3 Å². The molecule has 0 spiro atoms. The van der Waals surface area contributed by atoms with Crippen molar-refractivity contribution in [2.24, 2.45) is 0 Å². The van der Waals surface area contributed by atoms with Gasteiger partial charge in [0.1, 0.15) is 11.5 Å². The summed E-state index contributed by atoms with van der Waals surface area (Å²) in [6.45, 7) is 4.27. The molecule has 33 heavy (non-hydrogen) atoms. The molecule has 1 unspecified atom stereocenters. The lowest BCUT2D eigenvalue weighted by molar-refractivity contribution is -0.140. The number of phenols is 1. The highest BCUT2D eigenvalue weighted by Gasteiger charge is 2.46. The van der Waals surface area contributed by atoms with E-state index in [1.807, 2.05) is 6.92 Å². The number of ketones is 1. The number of carbonyl (C=O) groups is 2. The van der Waals surface area contributed by atoms with Gasteiger partial charge in [0, 0.05) is 25.8 Å². The molecule has 0 aliphatic carbocycles. The van der Waals surface area contributed by atoms with Crippen LogP contribution < -0.4 is 9.47 Å². The van der Waals surface area contributed by atoms with Gasteiger partial charge >= 0.3 is 0 Å². The summed E-state index contributed by atoms with van der Waals surface area (Å²) in [5.41, 5.74) is 2.35. The number of amides is 1. The van der Waals surface area contributed by atoms with Gasteiger partial charge in [-0.2, -0.15) is 0 Å². The summed E-state index contributed by atoms with van der Waals surface area (Å²) in [7, 11) is 4.55. The van der Waals surface area contributed by atoms with Gasteiger partial charge in [0.25, 0.3) is 11.7 Å². The van der Waals surface area contributed by atoms with E-state index in [1.54, 1.807) is 45.4 Å². The van der Waals surface area contributed by atoms with Crippen molar-refractivity contribution in [2.45, 2.75) is 26.3 Å². The molecule has 0 aromatic heterocycles. The van der Waals surface area contributed by atoms with Gasteiger partial charge in [0.15, 0.2) is 11.5 Å². The maximum Gasteiger partial charge on any atom is 0.295 e. The van der Waals surface area contributed by atoms with Gasteiger partial charge in [0.2, 0.25) is 0 Å². The van der Waals surface area contributed by atoms with Crippen molar-refractivity contribution in [2.75, 3.05) is 34.5 Å². The van der Waals surface area contributed by atoms with E-state index in [1.165, 1.54) is 18.1 Å². The van der Waals surface area contributed by atoms with Crippen LogP contribution >= 0.6 is 0 Å². The Morgan fingerprint density at radius 2 is 1.70 bits per heavy atom. The molecule has 2 aromatic carbocycles. The molecule has 8 nitrogen and oxygen atoms in total. The van der Waals surface area contributed by atoms with Crippen molar-refractivity contribution in [3.05, 3.63) is 58.2 Å².